The van der Waals surface area contributed by atoms with Crippen LogP contribution in [0, 0.1) is 0 Å². The number of amides is 1. The Bertz CT molecular complexity index is 691. The van der Waals surface area contributed by atoms with Crippen molar-refractivity contribution in [3.8, 4) is 0 Å². The number of anilines is 2. The zero-order valence-electron chi connectivity index (χ0n) is 11.4. The zero-order chi connectivity index (χ0) is 15.6. The lowest BCUT2D eigenvalue weighted by molar-refractivity contribution is 0.100. The maximum absolute atomic E-state index is 11.2. The highest BCUT2D eigenvalue weighted by molar-refractivity contribution is 9.10. The van der Waals surface area contributed by atoms with Crippen molar-refractivity contribution in [2.45, 2.75) is 6.54 Å². The van der Waals surface area contributed by atoms with Gasteiger partial charge in [0.2, 0.25) is 5.91 Å². The summed E-state index contributed by atoms with van der Waals surface area (Å²) < 4.78 is 0.793. The topological polar surface area (TPSA) is 72.3 Å². The van der Waals surface area contributed by atoms with Crippen LogP contribution in [0.15, 0.2) is 40.9 Å². The van der Waals surface area contributed by atoms with Crippen LogP contribution in [0.3, 0.4) is 0 Å². The highest BCUT2D eigenvalue weighted by Gasteiger charge is 2.11. The Morgan fingerprint density at radius 3 is 2.62 bits per heavy atom. The number of carbonyl (C=O) groups excluding carboxylic acids is 1. The number of carbonyl (C=O) groups is 1. The van der Waals surface area contributed by atoms with E-state index in [1.165, 1.54) is 0 Å². The summed E-state index contributed by atoms with van der Waals surface area (Å²) in [6.07, 6.45) is 0. The van der Waals surface area contributed by atoms with Crippen LogP contribution in [-0.4, -0.2) is 13.0 Å². The fraction of sp³-hybridized carbons (Fsp3) is 0.133. The van der Waals surface area contributed by atoms with Gasteiger partial charge in [-0.1, -0.05) is 11.6 Å². The Balaban J connectivity index is 2.26. The summed E-state index contributed by atoms with van der Waals surface area (Å²) in [6, 6.07) is 10.6. The summed E-state index contributed by atoms with van der Waals surface area (Å²) in [5, 5.41) is 0.668. The number of nitrogen functional groups attached to an aromatic ring is 1. The van der Waals surface area contributed by atoms with Crippen molar-refractivity contribution in [2.75, 3.05) is 17.7 Å². The van der Waals surface area contributed by atoms with E-state index in [0.29, 0.717) is 22.8 Å². The molecule has 0 unspecified atom stereocenters. The second kappa shape index (κ2) is 6.37. The molecule has 0 aliphatic carbocycles. The number of primary amides is 1. The molecule has 4 nitrogen and oxygen atoms in total. The van der Waals surface area contributed by atoms with Crippen molar-refractivity contribution in [2.24, 2.45) is 5.73 Å². The summed E-state index contributed by atoms with van der Waals surface area (Å²) in [7, 11) is 1.93. The number of hydrogen-bond donors (Lipinski definition) is 2. The lowest BCUT2D eigenvalue weighted by Gasteiger charge is -2.22. The highest BCUT2D eigenvalue weighted by atomic mass is 79.9. The second-order valence-corrected chi connectivity index (χ2v) is 6.00. The third-order valence-corrected chi connectivity index (χ3v) is 4.12. The molecular formula is C15H15BrClN3O. The molecule has 0 aliphatic rings. The molecule has 0 fully saturated rings. The smallest absolute Gasteiger partial charge is 0.248 e. The van der Waals surface area contributed by atoms with Gasteiger partial charge in [-0.25, -0.2) is 0 Å². The second-order valence-electron chi connectivity index (χ2n) is 4.74. The molecule has 2 aromatic carbocycles. The Morgan fingerprint density at radius 2 is 2.00 bits per heavy atom. The molecule has 0 radical (unpaired) electrons. The first-order valence-corrected chi connectivity index (χ1v) is 7.40. The summed E-state index contributed by atoms with van der Waals surface area (Å²) in [4.78, 5) is 13.2. The molecule has 1 amide bonds. The van der Waals surface area contributed by atoms with Crippen LogP contribution in [0.25, 0.3) is 0 Å². The minimum absolute atomic E-state index is 0.455. The van der Waals surface area contributed by atoms with Gasteiger partial charge in [0.05, 0.1) is 5.69 Å². The average Bonchev–Trinajstić information content (AvgIpc) is 2.42. The minimum Gasteiger partial charge on any atom is -0.399 e. The molecule has 0 atom stereocenters. The molecule has 0 bridgehead atoms. The molecule has 0 saturated heterocycles. The van der Waals surface area contributed by atoms with Crippen LogP contribution < -0.4 is 16.4 Å². The fourth-order valence-corrected chi connectivity index (χ4v) is 2.89. The average molecular weight is 369 g/mol. The number of halogens is 2. The van der Waals surface area contributed by atoms with Crippen LogP contribution in [-0.2, 0) is 6.54 Å². The van der Waals surface area contributed by atoms with E-state index in [1.807, 2.05) is 24.1 Å². The monoisotopic (exact) mass is 367 g/mol. The van der Waals surface area contributed by atoms with E-state index in [9.17, 15) is 4.79 Å². The molecule has 0 aromatic heterocycles. The number of rotatable bonds is 4. The fourth-order valence-electron chi connectivity index (χ4n) is 2.03. The first-order valence-electron chi connectivity index (χ1n) is 6.23. The van der Waals surface area contributed by atoms with E-state index >= 15 is 0 Å². The summed E-state index contributed by atoms with van der Waals surface area (Å²) in [5.41, 5.74) is 14.0. The van der Waals surface area contributed by atoms with Gasteiger partial charge in [0.15, 0.2) is 0 Å². The lowest BCUT2D eigenvalue weighted by atomic mass is 10.1. The molecule has 0 heterocycles. The SMILES string of the molecule is CN(Cc1cc(N)ccc1Cl)c1ccc(C(N)=O)cc1Br. The maximum Gasteiger partial charge on any atom is 0.248 e. The Hall–Kier alpha value is -1.72. The standard InChI is InChI=1S/C15H15BrClN3O/c1-20(8-10-6-11(18)3-4-13(10)17)14-5-2-9(15(19)21)7-12(14)16/h2-7H,8,18H2,1H3,(H2,19,21). The first-order chi connectivity index (χ1) is 9.88. The van der Waals surface area contributed by atoms with Crippen LogP contribution in [0.2, 0.25) is 5.02 Å². The van der Waals surface area contributed by atoms with Crippen molar-refractivity contribution >= 4 is 44.8 Å². The van der Waals surface area contributed by atoms with Gasteiger partial charge in [0.25, 0.3) is 0 Å². The largest absolute Gasteiger partial charge is 0.399 e. The highest BCUT2D eigenvalue weighted by Crippen LogP contribution is 2.29. The Kier molecular flexibility index (Phi) is 4.75. The van der Waals surface area contributed by atoms with Crippen molar-refractivity contribution in [1.82, 2.24) is 0 Å². The number of benzene rings is 2. The Morgan fingerprint density at radius 1 is 1.29 bits per heavy atom. The number of nitrogens with zero attached hydrogens (tertiary/aromatic N) is 1. The predicted molar refractivity (Wildman–Crippen MR) is 90.6 cm³/mol. The van der Waals surface area contributed by atoms with Crippen LogP contribution >= 0.6 is 27.5 Å². The summed E-state index contributed by atoms with van der Waals surface area (Å²) >= 11 is 9.63. The lowest BCUT2D eigenvalue weighted by Crippen LogP contribution is -2.18. The van der Waals surface area contributed by atoms with Crippen molar-refractivity contribution in [1.29, 1.82) is 0 Å². The third-order valence-electron chi connectivity index (χ3n) is 3.12. The number of nitrogens with two attached hydrogens (primary N) is 2. The molecule has 6 heteroatoms. The van der Waals surface area contributed by atoms with E-state index in [-0.39, 0.29) is 0 Å². The number of hydrogen-bond acceptors (Lipinski definition) is 3. The molecule has 2 aromatic rings. The zero-order valence-corrected chi connectivity index (χ0v) is 13.8. The quantitative estimate of drug-likeness (QED) is 0.812. The van der Waals surface area contributed by atoms with Gasteiger partial charge in [-0.05, 0) is 57.9 Å². The van der Waals surface area contributed by atoms with E-state index in [1.54, 1.807) is 24.3 Å². The van der Waals surface area contributed by atoms with Crippen LogP contribution in [0.5, 0.6) is 0 Å². The van der Waals surface area contributed by atoms with Crippen molar-refractivity contribution in [3.05, 3.63) is 57.0 Å². The Labute approximate surface area is 136 Å². The normalized spacial score (nSPS) is 10.4. The van der Waals surface area contributed by atoms with E-state index < -0.39 is 5.91 Å². The summed E-state index contributed by atoms with van der Waals surface area (Å²) in [5.74, 6) is -0.455. The van der Waals surface area contributed by atoms with E-state index in [2.05, 4.69) is 15.9 Å². The van der Waals surface area contributed by atoms with Gasteiger partial charge in [-0.3, -0.25) is 4.79 Å². The predicted octanol–water partition coefficient (Wildman–Crippen LogP) is 3.42. The van der Waals surface area contributed by atoms with Crippen molar-refractivity contribution in [3.63, 3.8) is 0 Å². The molecule has 21 heavy (non-hydrogen) atoms. The van der Waals surface area contributed by atoms with Gasteiger partial charge in [-0.2, -0.15) is 0 Å². The van der Waals surface area contributed by atoms with Gasteiger partial charge in [-0.15, -0.1) is 0 Å². The van der Waals surface area contributed by atoms with Gasteiger partial charge < -0.3 is 16.4 Å². The van der Waals surface area contributed by atoms with Crippen molar-refractivity contribution < 1.29 is 4.79 Å². The minimum atomic E-state index is -0.455. The molecule has 0 spiro atoms. The van der Waals surface area contributed by atoms with Gasteiger partial charge in [0, 0.05) is 34.3 Å². The van der Waals surface area contributed by atoms with E-state index in [0.717, 1.165) is 15.7 Å². The molecule has 4 N–H and O–H groups in total. The van der Waals surface area contributed by atoms with Crippen LogP contribution in [0.4, 0.5) is 11.4 Å². The maximum atomic E-state index is 11.2. The van der Waals surface area contributed by atoms with Gasteiger partial charge >= 0.3 is 0 Å². The molecule has 2 rings (SSSR count). The first kappa shape index (κ1) is 15.7. The van der Waals surface area contributed by atoms with Crippen LogP contribution in [0.1, 0.15) is 15.9 Å². The summed E-state index contributed by atoms with van der Waals surface area (Å²) in [6.45, 7) is 0.596. The molecule has 110 valence electrons. The van der Waals surface area contributed by atoms with Gasteiger partial charge in [0.1, 0.15) is 0 Å². The molecular weight excluding hydrogens is 354 g/mol. The van der Waals surface area contributed by atoms with E-state index in [4.69, 9.17) is 23.1 Å². The third kappa shape index (κ3) is 3.68. The molecule has 0 saturated carbocycles. The molecule has 0 aliphatic heterocycles.